The first-order valence-corrected chi connectivity index (χ1v) is 11.0. The molecule has 4 heterocycles. The Kier molecular flexibility index (Phi) is 4.79. The summed E-state index contributed by atoms with van der Waals surface area (Å²) in [7, 11) is 0. The number of carbonyl (C=O) groups is 1. The molecule has 1 N–H and O–H groups in total. The zero-order chi connectivity index (χ0) is 21.7. The Balaban J connectivity index is 1.74. The van der Waals surface area contributed by atoms with Gasteiger partial charge in [0.2, 0.25) is 5.75 Å². The highest BCUT2D eigenvalue weighted by Gasteiger charge is 2.37. The summed E-state index contributed by atoms with van der Waals surface area (Å²) >= 11 is 0. The number of rotatable bonds is 4. The summed E-state index contributed by atoms with van der Waals surface area (Å²) in [4.78, 5) is 36.5. The lowest BCUT2D eigenvalue weighted by Crippen LogP contribution is -2.47. The predicted octanol–water partition coefficient (Wildman–Crippen LogP) is 2.94. The first-order valence-electron chi connectivity index (χ1n) is 11.0. The maximum atomic E-state index is 13.2. The number of aromatic nitrogens is 4. The molecule has 0 spiro atoms. The number of fused-ring (bicyclic) bond motifs is 2. The molecule has 8 heteroatoms. The molecule has 1 saturated carbocycles. The third kappa shape index (κ3) is 3.12. The molecule has 1 aliphatic carbocycles. The maximum Gasteiger partial charge on any atom is 0.315 e. The molecule has 1 amide bonds. The molecule has 1 atom stereocenters. The number of amides is 1. The first-order chi connectivity index (χ1) is 15.0. The van der Waals surface area contributed by atoms with Crippen LogP contribution in [0.3, 0.4) is 0 Å². The zero-order valence-electron chi connectivity index (χ0n) is 17.9. The topological polar surface area (TPSA) is 93.2 Å². The van der Waals surface area contributed by atoms with E-state index < -0.39 is 11.3 Å². The summed E-state index contributed by atoms with van der Waals surface area (Å²) in [5.41, 5.74) is 0.150. The van der Waals surface area contributed by atoms with Crippen LogP contribution in [0.15, 0.2) is 35.4 Å². The number of hydrogen-bond donors (Lipinski definition) is 1. The van der Waals surface area contributed by atoms with Gasteiger partial charge in [-0.25, -0.2) is 4.98 Å². The Hall–Kier alpha value is -3.16. The molecular weight excluding hydrogens is 394 g/mol. The largest absolute Gasteiger partial charge is 0.501 e. The van der Waals surface area contributed by atoms with Gasteiger partial charge >= 0.3 is 5.56 Å². The van der Waals surface area contributed by atoms with E-state index in [2.05, 4.69) is 14.5 Å². The van der Waals surface area contributed by atoms with E-state index in [-0.39, 0.29) is 29.6 Å². The molecule has 1 fully saturated rings. The van der Waals surface area contributed by atoms with Gasteiger partial charge in [0.25, 0.3) is 5.91 Å². The molecule has 3 aromatic heterocycles. The van der Waals surface area contributed by atoms with Gasteiger partial charge in [-0.15, -0.1) is 0 Å². The van der Waals surface area contributed by atoms with E-state index in [0.29, 0.717) is 18.9 Å². The van der Waals surface area contributed by atoms with Crippen LogP contribution < -0.4 is 5.56 Å². The summed E-state index contributed by atoms with van der Waals surface area (Å²) < 4.78 is 3.87. The van der Waals surface area contributed by atoms with E-state index in [0.717, 1.165) is 36.7 Å². The summed E-state index contributed by atoms with van der Waals surface area (Å²) in [5.74, 6) is -0.0478. The third-order valence-corrected chi connectivity index (χ3v) is 6.73. The lowest BCUT2D eigenvalue weighted by molar-refractivity contribution is 0.0635. The van der Waals surface area contributed by atoms with E-state index >= 15 is 0 Å². The minimum absolute atomic E-state index is 0.0180. The van der Waals surface area contributed by atoms with Gasteiger partial charge in [-0.1, -0.05) is 12.8 Å². The van der Waals surface area contributed by atoms with Crippen LogP contribution in [0.1, 0.15) is 61.9 Å². The molecule has 8 nitrogen and oxygen atoms in total. The Labute approximate surface area is 180 Å². The van der Waals surface area contributed by atoms with Crippen molar-refractivity contribution < 1.29 is 9.90 Å². The maximum absolute atomic E-state index is 13.2. The van der Waals surface area contributed by atoms with Crippen molar-refractivity contribution in [3.8, 4) is 5.75 Å². The third-order valence-electron chi connectivity index (χ3n) is 6.73. The monoisotopic (exact) mass is 421 g/mol. The normalized spacial score (nSPS) is 18.2. The molecule has 1 unspecified atom stereocenters. The van der Waals surface area contributed by atoms with E-state index in [1.165, 1.54) is 0 Å². The molecule has 0 bridgehead atoms. The minimum Gasteiger partial charge on any atom is -0.501 e. The lowest BCUT2D eigenvalue weighted by Gasteiger charge is -2.36. The molecule has 2 aliphatic rings. The van der Waals surface area contributed by atoms with Crippen LogP contribution in [0.25, 0.3) is 11.0 Å². The molecular formula is C23H27N5O3. The second kappa shape index (κ2) is 7.51. The SMILES string of the molecule is CC(C)N1CCn2c(C(C3CCCC3)n3ccc4cccnc43)nc(=O)c(O)c2C1=O. The summed E-state index contributed by atoms with van der Waals surface area (Å²) in [5, 5.41) is 11.5. The van der Waals surface area contributed by atoms with Gasteiger partial charge in [0.1, 0.15) is 11.5 Å². The van der Waals surface area contributed by atoms with Crippen molar-refractivity contribution in [2.45, 2.75) is 58.2 Å². The van der Waals surface area contributed by atoms with Gasteiger partial charge in [-0.3, -0.25) is 9.59 Å². The van der Waals surface area contributed by atoms with E-state index in [9.17, 15) is 14.7 Å². The highest BCUT2D eigenvalue weighted by atomic mass is 16.3. The molecule has 1 aliphatic heterocycles. The number of hydrogen-bond acceptors (Lipinski definition) is 5. The molecule has 3 aromatic rings. The van der Waals surface area contributed by atoms with Crippen LogP contribution in [-0.2, 0) is 6.54 Å². The Bertz CT molecular complexity index is 1210. The molecule has 0 radical (unpaired) electrons. The highest BCUT2D eigenvalue weighted by molar-refractivity contribution is 5.96. The fourth-order valence-corrected chi connectivity index (χ4v) is 5.21. The van der Waals surface area contributed by atoms with Crippen LogP contribution in [0.5, 0.6) is 5.75 Å². The summed E-state index contributed by atoms with van der Waals surface area (Å²) in [6, 6.07) is 5.70. The second-order valence-electron chi connectivity index (χ2n) is 8.84. The van der Waals surface area contributed by atoms with Gasteiger partial charge in [0, 0.05) is 36.9 Å². The first kappa shape index (κ1) is 19.8. The highest BCUT2D eigenvalue weighted by Crippen LogP contribution is 2.40. The second-order valence-corrected chi connectivity index (χ2v) is 8.84. The van der Waals surface area contributed by atoms with Gasteiger partial charge in [-0.2, -0.15) is 4.98 Å². The van der Waals surface area contributed by atoms with Crippen LogP contribution in [0.4, 0.5) is 0 Å². The minimum atomic E-state index is -0.743. The molecule has 31 heavy (non-hydrogen) atoms. The van der Waals surface area contributed by atoms with Crippen molar-refractivity contribution in [1.29, 1.82) is 0 Å². The van der Waals surface area contributed by atoms with Crippen LogP contribution in [0.2, 0.25) is 0 Å². The Morgan fingerprint density at radius 1 is 1.13 bits per heavy atom. The predicted molar refractivity (Wildman–Crippen MR) is 116 cm³/mol. The molecule has 0 saturated heterocycles. The Morgan fingerprint density at radius 2 is 1.90 bits per heavy atom. The zero-order valence-corrected chi connectivity index (χ0v) is 17.9. The smallest absolute Gasteiger partial charge is 0.315 e. The van der Waals surface area contributed by atoms with Crippen LogP contribution in [0, 0.1) is 5.92 Å². The van der Waals surface area contributed by atoms with Gasteiger partial charge in [0.05, 0.1) is 6.04 Å². The van der Waals surface area contributed by atoms with Gasteiger partial charge in [0.15, 0.2) is 5.69 Å². The van der Waals surface area contributed by atoms with Crippen molar-refractivity contribution in [2.75, 3.05) is 6.54 Å². The molecule has 162 valence electrons. The Morgan fingerprint density at radius 3 is 2.65 bits per heavy atom. The number of aromatic hydroxyl groups is 1. The van der Waals surface area contributed by atoms with Crippen molar-refractivity contribution in [3.05, 3.63) is 52.5 Å². The fourth-order valence-electron chi connectivity index (χ4n) is 5.21. The molecule has 0 aromatic carbocycles. The summed E-state index contributed by atoms with van der Waals surface area (Å²) in [6.45, 7) is 4.88. The summed E-state index contributed by atoms with van der Waals surface area (Å²) in [6.07, 6.45) is 8.06. The van der Waals surface area contributed by atoms with Gasteiger partial charge in [-0.05, 0) is 50.8 Å². The van der Waals surface area contributed by atoms with Crippen molar-refractivity contribution >= 4 is 16.9 Å². The number of pyridine rings is 1. The van der Waals surface area contributed by atoms with E-state index in [1.807, 2.05) is 38.2 Å². The fraction of sp³-hybridized carbons (Fsp3) is 0.478. The van der Waals surface area contributed by atoms with Gasteiger partial charge < -0.3 is 19.1 Å². The molecule has 5 rings (SSSR count). The van der Waals surface area contributed by atoms with Crippen molar-refractivity contribution in [3.63, 3.8) is 0 Å². The average molecular weight is 422 g/mol. The van der Waals surface area contributed by atoms with Crippen molar-refractivity contribution in [2.24, 2.45) is 5.92 Å². The standard InChI is InChI=1S/C23H27N5O3/c1-14(2)26-12-13-28-18(23(26)31)19(29)22(30)25-21(28)17(15-6-3-4-7-15)27-11-9-16-8-5-10-24-20(16)27/h5,8-11,14-15,17,29H,3-4,6-7,12-13H2,1-2H3. The van der Waals surface area contributed by atoms with Crippen molar-refractivity contribution in [1.82, 2.24) is 24.0 Å². The van der Waals surface area contributed by atoms with Crippen LogP contribution >= 0.6 is 0 Å². The quantitative estimate of drug-likeness (QED) is 0.699. The number of nitrogens with zero attached hydrogens (tertiary/aromatic N) is 5. The van der Waals surface area contributed by atoms with Crippen LogP contribution in [-0.4, -0.2) is 47.6 Å². The van der Waals surface area contributed by atoms with E-state index in [1.54, 1.807) is 15.7 Å². The van der Waals surface area contributed by atoms with E-state index in [4.69, 9.17) is 0 Å². The lowest BCUT2D eigenvalue weighted by atomic mass is 9.96. The average Bonchev–Trinajstić information content (AvgIpc) is 3.42. The number of carbonyl (C=O) groups excluding carboxylic acids is 1.